The Kier molecular flexibility index (Phi) is 7.18. The van der Waals surface area contributed by atoms with Gasteiger partial charge in [0, 0.05) is 12.1 Å². The molecule has 1 aromatic carbocycles. The van der Waals surface area contributed by atoms with Crippen LogP contribution >= 0.6 is 0 Å². The zero-order valence-electron chi connectivity index (χ0n) is 14.4. The summed E-state index contributed by atoms with van der Waals surface area (Å²) >= 11 is 0. The zero-order valence-corrected chi connectivity index (χ0v) is 14.4. The SMILES string of the molecule is CC(C)OC(=NCCN1CCCCC1)NC(=O)c1cccc(F)c1. The first-order valence-corrected chi connectivity index (χ1v) is 8.55. The van der Waals surface area contributed by atoms with Crippen molar-refractivity contribution in [3.05, 3.63) is 35.6 Å². The van der Waals surface area contributed by atoms with Gasteiger partial charge >= 0.3 is 0 Å². The van der Waals surface area contributed by atoms with E-state index in [0.717, 1.165) is 19.6 Å². The molecule has 1 aromatic rings. The van der Waals surface area contributed by atoms with Gasteiger partial charge in [0.05, 0.1) is 12.6 Å². The summed E-state index contributed by atoms with van der Waals surface area (Å²) in [6, 6.07) is 5.74. The highest BCUT2D eigenvalue weighted by Gasteiger charge is 2.13. The van der Waals surface area contributed by atoms with Crippen molar-refractivity contribution in [3.63, 3.8) is 0 Å². The third-order valence-electron chi connectivity index (χ3n) is 3.77. The lowest BCUT2D eigenvalue weighted by Gasteiger charge is -2.25. The van der Waals surface area contributed by atoms with Crippen LogP contribution in [0.4, 0.5) is 4.39 Å². The lowest BCUT2D eigenvalue weighted by molar-refractivity contribution is 0.0959. The Labute approximate surface area is 142 Å². The zero-order chi connectivity index (χ0) is 17.4. The van der Waals surface area contributed by atoms with Gasteiger partial charge < -0.3 is 9.64 Å². The Morgan fingerprint density at radius 3 is 2.75 bits per heavy atom. The van der Waals surface area contributed by atoms with Gasteiger partial charge in [-0.1, -0.05) is 12.5 Å². The second kappa shape index (κ2) is 9.37. The summed E-state index contributed by atoms with van der Waals surface area (Å²) < 4.78 is 18.8. The summed E-state index contributed by atoms with van der Waals surface area (Å²) in [7, 11) is 0. The summed E-state index contributed by atoms with van der Waals surface area (Å²) in [6.45, 7) is 7.35. The number of aliphatic imine (C=N–C) groups is 1. The second-order valence-electron chi connectivity index (χ2n) is 6.22. The summed E-state index contributed by atoms with van der Waals surface area (Å²) in [6.07, 6.45) is 3.65. The molecule has 0 radical (unpaired) electrons. The number of likely N-dealkylation sites (tertiary alicyclic amines) is 1. The third kappa shape index (κ3) is 6.28. The number of benzene rings is 1. The number of amidine groups is 1. The minimum atomic E-state index is -0.448. The molecule has 2 rings (SSSR count). The highest BCUT2D eigenvalue weighted by atomic mass is 19.1. The van der Waals surface area contributed by atoms with Gasteiger partial charge in [0.25, 0.3) is 11.9 Å². The predicted molar refractivity (Wildman–Crippen MR) is 92.7 cm³/mol. The molecule has 0 saturated carbocycles. The van der Waals surface area contributed by atoms with Gasteiger partial charge in [-0.2, -0.15) is 0 Å². The van der Waals surface area contributed by atoms with Crippen LogP contribution in [0.3, 0.4) is 0 Å². The van der Waals surface area contributed by atoms with Gasteiger partial charge in [-0.15, -0.1) is 0 Å². The van der Waals surface area contributed by atoms with Crippen LogP contribution in [-0.4, -0.2) is 49.1 Å². The van der Waals surface area contributed by atoms with Crippen LogP contribution in [0.2, 0.25) is 0 Å². The van der Waals surface area contributed by atoms with E-state index in [0.29, 0.717) is 6.54 Å². The quantitative estimate of drug-likeness (QED) is 0.665. The van der Waals surface area contributed by atoms with Crippen molar-refractivity contribution in [1.82, 2.24) is 10.2 Å². The van der Waals surface area contributed by atoms with Gasteiger partial charge in [-0.3, -0.25) is 10.1 Å². The van der Waals surface area contributed by atoms with E-state index in [-0.39, 0.29) is 17.7 Å². The minimum absolute atomic E-state index is 0.105. The molecule has 0 aliphatic carbocycles. The fourth-order valence-electron chi connectivity index (χ4n) is 2.60. The van der Waals surface area contributed by atoms with Crippen molar-refractivity contribution in [3.8, 4) is 0 Å². The van der Waals surface area contributed by atoms with Crippen LogP contribution < -0.4 is 5.32 Å². The molecule has 132 valence electrons. The lowest BCUT2D eigenvalue weighted by atomic mass is 10.1. The van der Waals surface area contributed by atoms with Crippen molar-refractivity contribution in [1.29, 1.82) is 0 Å². The number of carbonyl (C=O) groups is 1. The van der Waals surface area contributed by atoms with E-state index in [9.17, 15) is 9.18 Å². The maximum atomic E-state index is 13.2. The molecular formula is C18H26FN3O2. The van der Waals surface area contributed by atoms with Crippen LogP contribution in [-0.2, 0) is 4.74 Å². The first-order chi connectivity index (χ1) is 11.5. The van der Waals surface area contributed by atoms with E-state index < -0.39 is 11.7 Å². The monoisotopic (exact) mass is 335 g/mol. The number of ether oxygens (including phenoxy) is 1. The molecule has 1 amide bonds. The van der Waals surface area contributed by atoms with Crippen LogP contribution in [0.15, 0.2) is 29.3 Å². The largest absolute Gasteiger partial charge is 0.462 e. The summed E-state index contributed by atoms with van der Waals surface area (Å²) in [5, 5.41) is 2.63. The number of carbonyl (C=O) groups excluding carboxylic acids is 1. The van der Waals surface area contributed by atoms with Gasteiger partial charge in [0.15, 0.2) is 0 Å². The number of piperidine rings is 1. The second-order valence-corrected chi connectivity index (χ2v) is 6.22. The average molecular weight is 335 g/mol. The highest BCUT2D eigenvalue weighted by Crippen LogP contribution is 2.08. The van der Waals surface area contributed by atoms with Crippen molar-refractivity contribution in [2.45, 2.75) is 39.2 Å². The maximum Gasteiger partial charge on any atom is 0.291 e. The van der Waals surface area contributed by atoms with E-state index in [1.54, 1.807) is 6.07 Å². The smallest absolute Gasteiger partial charge is 0.291 e. The number of rotatable bonds is 5. The average Bonchev–Trinajstić information content (AvgIpc) is 2.55. The van der Waals surface area contributed by atoms with Crippen LogP contribution in [0.25, 0.3) is 0 Å². The molecule has 6 heteroatoms. The molecule has 1 aliphatic heterocycles. The highest BCUT2D eigenvalue weighted by molar-refractivity contribution is 6.04. The summed E-state index contributed by atoms with van der Waals surface area (Å²) in [4.78, 5) is 18.9. The van der Waals surface area contributed by atoms with Crippen molar-refractivity contribution in [2.75, 3.05) is 26.2 Å². The Morgan fingerprint density at radius 2 is 2.08 bits per heavy atom. The van der Waals surface area contributed by atoms with Gasteiger partial charge in [0.1, 0.15) is 5.82 Å². The number of halogens is 1. The molecule has 0 spiro atoms. The molecule has 1 saturated heterocycles. The lowest BCUT2D eigenvalue weighted by Crippen LogP contribution is -2.36. The molecule has 0 bridgehead atoms. The standard InChI is InChI=1S/C18H26FN3O2/c1-14(2)24-18(20-9-12-22-10-4-3-5-11-22)21-17(23)15-7-6-8-16(19)13-15/h6-8,13-14H,3-5,9-12H2,1-2H3,(H,20,21,23). The van der Waals surface area contributed by atoms with Gasteiger partial charge in [-0.05, 0) is 58.0 Å². The van der Waals surface area contributed by atoms with E-state index >= 15 is 0 Å². The normalized spacial score (nSPS) is 16.2. The molecule has 1 heterocycles. The predicted octanol–water partition coefficient (Wildman–Crippen LogP) is 2.82. The number of amides is 1. The number of nitrogens with one attached hydrogen (secondary N) is 1. The molecule has 24 heavy (non-hydrogen) atoms. The van der Waals surface area contributed by atoms with Crippen molar-refractivity contribution in [2.24, 2.45) is 4.99 Å². The van der Waals surface area contributed by atoms with Crippen molar-refractivity contribution < 1.29 is 13.9 Å². The molecular weight excluding hydrogens is 309 g/mol. The Morgan fingerprint density at radius 1 is 1.33 bits per heavy atom. The fraction of sp³-hybridized carbons (Fsp3) is 0.556. The summed E-state index contributed by atoms with van der Waals surface area (Å²) in [5.41, 5.74) is 0.242. The van der Waals surface area contributed by atoms with Crippen LogP contribution in [0.5, 0.6) is 0 Å². The first kappa shape index (κ1) is 18.4. The van der Waals surface area contributed by atoms with Crippen LogP contribution in [0, 0.1) is 5.82 Å². The topological polar surface area (TPSA) is 53.9 Å². The number of hydrogen-bond donors (Lipinski definition) is 1. The van der Waals surface area contributed by atoms with E-state index in [2.05, 4.69) is 15.2 Å². The third-order valence-corrected chi connectivity index (χ3v) is 3.77. The number of nitrogens with zero attached hydrogens (tertiary/aromatic N) is 2. The van der Waals surface area contributed by atoms with E-state index in [1.807, 2.05) is 13.8 Å². The molecule has 0 atom stereocenters. The van der Waals surface area contributed by atoms with Gasteiger partial charge in [-0.25, -0.2) is 9.38 Å². The Hall–Kier alpha value is -1.95. The maximum absolute atomic E-state index is 13.2. The molecule has 1 N–H and O–H groups in total. The Balaban J connectivity index is 1.93. The molecule has 0 unspecified atom stereocenters. The van der Waals surface area contributed by atoms with E-state index in [4.69, 9.17) is 4.74 Å². The van der Waals surface area contributed by atoms with Crippen molar-refractivity contribution >= 4 is 11.9 Å². The minimum Gasteiger partial charge on any atom is -0.462 e. The van der Waals surface area contributed by atoms with Gasteiger partial charge in [0.2, 0.25) is 0 Å². The molecule has 5 nitrogen and oxygen atoms in total. The number of hydrogen-bond acceptors (Lipinski definition) is 4. The van der Waals surface area contributed by atoms with E-state index in [1.165, 1.54) is 37.5 Å². The Bertz CT molecular complexity index is 569. The molecule has 0 aromatic heterocycles. The summed E-state index contributed by atoms with van der Waals surface area (Å²) in [5.74, 6) is -0.872. The van der Waals surface area contributed by atoms with Crippen LogP contribution in [0.1, 0.15) is 43.5 Å². The first-order valence-electron chi connectivity index (χ1n) is 8.55. The fourth-order valence-corrected chi connectivity index (χ4v) is 2.60. The molecule has 1 fully saturated rings. The molecule has 1 aliphatic rings.